The highest BCUT2D eigenvalue weighted by atomic mass is 15.4. The van der Waals surface area contributed by atoms with Gasteiger partial charge in [-0.25, -0.2) is 0 Å². The van der Waals surface area contributed by atoms with Crippen LogP contribution in [-0.2, 0) is 6.42 Å². The van der Waals surface area contributed by atoms with Gasteiger partial charge >= 0.3 is 0 Å². The monoisotopic (exact) mass is 406 g/mol. The normalized spacial score (nSPS) is 23.3. The molecule has 1 aromatic carbocycles. The molecule has 2 aromatic rings. The Morgan fingerprint density at radius 3 is 2.60 bits per heavy atom. The summed E-state index contributed by atoms with van der Waals surface area (Å²) < 4.78 is 0. The zero-order chi connectivity index (χ0) is 20.9. The second kappa shape index (κ2) is 9.82. The third kappa shape index (κ3) is 4.20. The van der Waals surface area contributed by atoms with Crippen molar-refractivity contribution in [2.75, 3.05) is 23.8 Å². The van der Waals surface area contributed by atoms with E-state index in [2.05, 4.69) is 58.6 Å². The molecule has 1 fully saturated rings. The molecule has 0 radical (unpaired) electrons. The number of para-hydroxylation sites is 2. The van der Waals surface area contributed by atoms with Crippen LogP contribution in [0.2, 0.25) is 0 Å². The molecule has 2 unspecified atom stereocenters. The number of hydrogen-bond donors (Lipinski definition) is 1. The lowest BCUT2D eigenvalue weighted by molar-refractivity contribution is 0.0859. The largest absolute Gasteiger partial charge is 0.362 e. The minimum atomic E-state index is 0.327. The number of likely N-dealkylation sites (N-methyl/N-ethyl adjacent to an activating group) is 1. The van der Waals surface area contributed by atoms with Crippen molar-refractivity contribution in [2.24, 2.45) is 0 Å². The third-order valence-corrected chi connectivity index (χ3v) is 7.07. The van der Waals surface area contributed by atoms with E-state index in [4.69, 9.17) is 4.98 Å². The fourth-order valence-corrected chi connectivity index (χ4v) is 5.57. The van der Waals surface area contributed by atoms with Gasteiger partial charge in [-0.05, 0) is 55.9 Å². The molecule has 4 nitrogen and oxygen atoms in total. The van der Waals surface area contributed by atoms with Crippen molar-refractivity contribution >= 4 is 11.4 Å². The van der Waals surface area contributed by atoms with Crippen molar-refractivity contribution in [3.63, 3.8) is 0 Å². The van der Waals surface area contributed by atoms with Crippen molar-refractivity contribution in [1.82, 2.24) is 9.88 Å². The summed E-state index contributed by atoms with van der Waals surface area (Å²) in [7, 11) is 2.23. The summed E-state index contributed by atoms with van der Waals surface area (Å²) in [4.78, 5) is 10.1. The van der Waals surface area contributed by atoms with E-state index in [1.165, 1.54) is 74.0 Å². The molecule has 5 rings (SSSR count). The Morgan fingerprint density at radius 1 is 1.00 bits per heavy atom. The molecule has 0 bridgehead atoms. The molecule has 0 amide bonds. The minimum absolute atomic E-state index is 0.327. The van der Waals surface area contributed by atoms with E-state index in [0.29, 0.717) is 18.2 Å². The summed E-state index contributed by atoms with van der Waals surface area (Å²) >= 11 is 0. The average molecular weight is 407 g/mol. The molecule has 0 spiro atoms. The molecule has 0 saturated heterocycles. The van der Waals surface area contributed by atoms with Crippen molar-refractivity contribution in [3.05, 3.63) is 53.9 Å². The van der Waals surface area contributed by atoms with Gasteiger partial charge in [0.2, 0.25) is 0 Å². The Hall–Kier alpha value is -2.07. The predicted octanol–water partition coefficient (Wildman–Crippen LogP) is 6.01. The average Bonchev–Trinajstić information content (AvgIpc) is 3.14. The lowest BCUT2D eigenvalue weighted by Crippen LogP contribution is -2.50. The molecular weight excluding hydrogens is 368 g/mol. The van der Waals surface area contributed by atoms with Gasteiger partial charge < -0.3 is 10.2 Å². The Morgan fingerprint density at radius 2 is 1.80 bits per heavy atom. The molecule has 2 atom stereocenters. The molecular formula is C26H38N4. The second-order valence-corrected chi connectivity index (χ2v) is 8.73. The smallest absolute Gasteiger partial charge is 0.112 e. The van der Waals surface area contributed by atoms with Crippen molar-refractivity contribution in [2.45, 2.75) is 83.5 Å². The molecule has 1 aliphatic heterocycles. The predicted molar refractivity (Wildman–Crippen MR) is 127 cm³/mol. The molecule has 1 saturated carbocycles. The maximum atomic E-state index is 4.87. The Kier molecular flexibility index (Phi) is 6.93. The summed E-state index contributed by atoms with van der Waals surface area (Å²) in [6, 6.07) is 14.2. The number of nitrogens with one attached hydrogen (secondary N) is 1. The van der Waals surface area contributed by atoms with Gasteiger partial charge in [-0.15, -0.1) is 0 Å². The van der Waals surface area contributed by atoms with Crippen LogP contribution in [-0.4, -0.2) is 35.7 Å². The fraction of sp³-hybridized carbons (Fsp3) is 0.577. The second-order valence-electron chi connectivity index (χ2n) is 8.73. The maximum absolute atomic E-state index is 4.87. The maximum Gasteiger partial charge on any atom is 0.112 e. The lowest BCUT2D eigenvalue weighted by atomic mass is 9.87. The first-order valence-corrected chi connectivity index (χ1v) is 12.1. The molecule has 4 heteroatoms. The van der Waals surface area contributed by atoms with Crippen molar-refractivity contribution in [3.8, 4) is 0 Å². The van der Waals surface area contributed by atoms with Gasteiger partial charge in [0.25, 0.3) is 0 Å². The van der Waals surface area contributed by atoms with Gasteiger partial charge in [-0.3, -0.25) is 9.88 Å². The molecule has 2 heterocycles. The summed E-state index contributed by atoms with van der Waals surface area (Å²) in [5, 5.41) is 3.78. The molecule has 1 aromatic heterocycles. The number of benzene rings is 1. The van der Waals surface area contributed by atoms with Gasteiger partial charge in [-0.1, -0.05) is 51.3 Å². The summed E-state index contributed by atoms with van der Waals surface area (Å²) in [5.41, 5.74) is 5.40. The number of fused-ring (bicyclic) bond motifs is 2. The zero-order valence-corrected chi connectivity index (χ0v) is 19.0. The first-order chi connectivity index (χ1) is 14.8. The number of rotatable bonds is 4. The van der Waals surface area contributed by atoms with Crippen LogP contribution in [0.4, 0.5) is 11.4 Å². The first-order valence-electron chi connectivity index (χ1n) is 12.1. The van der Waals surface area contributed by atoms with Crippen LogP contribution in [0.1, 0.15) is 76.1 Å². The van der Waals surface area contributed by atoms with Gasteiger partial charge in [-0.2, -0.15) is 0 Å². The Bertz CT molecular complexity index is 814. The molecule has 2 aliphatic carbocycles. The highest BCUT2D eigenvalue weighted by molar-refractivity contribution is 5.75. The van der Waals surface area contributed by atoms with E-state index in [1.54, 1.807) is 0 Å². The molecule has 162 valence electrons. The minimum Gasteiger partial charge on any atom is -0.362 e. The Balaban J connectivity index is 0.00000106. The number of nitrogens with zero attached hydrogens (tertiary/aromatic N) is 3. The van der Waals surface area contributed by atoms with Crippen LogP contribution in [0.25, 0.3) is 0 Å². The van der Waals surface area contributed by atoms with E-state index in [-0.39, 0.29) is 0 Å². The Labute approximate surface area is 182 Å². The lowest BCUT2D eigenvalue weighted by Gasteiger charge is -2.43. The van der Waals surface area contributed by atoms with Crippen LogP contribution >= 0.6 is 0 Å². The first kappa shape index (κ1) is 21.2. The van der Waals surface area contributed by atoms with Gasteiger partial charge in [0.1, 0.15) is 6.17 Å². The molecule has 3 aliphatic rings. The van der Waals surface area contributed by atoms with Gasteiger partial charge in [0.05, 0.1) is 23.1 Å². The highest BCUT2D eigenvalue weighted by Crippen LogP contribution is 2.39. The van der Waals surface area contributed by atoms with Crippen LogP contribution < -0.4 is 10.2 Å². The quantitative estimate of drug-likeness (QED) is 0.674. The number of pyridine rings is 1. The standard InChI is InChI=1S/C24H32N4.C2H6/c1-27-21-14-6-5-13-20(21)26-23(27)17-28(19-11-3-2-4-12-19)22-15-7-9-18-10-8-16-25-24(18)22;1-2/h5-6,8,10,13-14,16,19,22-23,26H,2-4,7,9,11-12,15,17H2,1H3;1-2H3. The van der Waals surface area contributed by atoms with Crippen LogP contribution in [0.5, 0.6) is 0 Å². The fourth-order valence-electron chi connectivity index (χ4n) is 5.57. The van der Waals surface area contributed by atoms with E-state index in [1.807, 2.05) is 20.0 Å². The van der Waals surface area contributed by atoms with E-state index in [9.17, 15) is 0 Å². The third-order valence-electron chi connectivity index (χ3n) is 7.07. The molecule has 30 heavy (non-hydrogen) atoms. The van der Waals surface area contributed by atoms with Gasteiger partial charge in [0.15, 0.2) is 0 Å². The molecule has 1 N–H and O–H groups in total. The van der Waals surface area contributed by atoms with Gasteiger partial charge in [0, 0.05) is 25.8 Å². The van der Waals surface area contributed by atoms with Crippen LogP contribution in [0, 0.1) is 0 Å². The van der Waals surface area contributed by atoms with Crippen LogP contribution in [0.15, 0.2) is 42.6 Å². The highest BCUT2D eigenvalue weighted by Gasteiger charge is 2.36. The van der Waals surface area contributed by atoms with Crippen LogP contribution in [0.3, 0.4) is 0 Å². The number of aryl methyl sites for hydroxylation is 1. The van der Waals surface area contributed by atoms with E-state index < -0.39 is 0 Å². The number of hydrogen-bond acceptors (Lipinski definition) is 4. The topological polar surface area (TPSA) is 31.4 Å². The van der Waals surface area contributed by atoms with E-state index >= 15 is 0 Å². The summed E-state index contributed by atoms with van der Waals surface area (Å²) in [6.45, 7) is 5.05. The number of anilines is 2. The summed E-state index contributed by atoms with van der Waals surface area (Å²) in [5.74, 6) is 0. The summed E-state index contributed by atoms with van der Waals surface area (Å²) in [6.07, 6.45) is 12.8. The van der Waals surface area contributed by atoms with E-state index in [0.717, 1.165) is 6.54 Å². The number of aromatic nitrogens is 1. The SMILES string of the molecule is CC.CN1c2ccccc2NC1CN(C1CCCCC1)C1CCCc2cccnc21. The van der Waals surface area contributed by atoms with Crippen molar-refractivity contribution < 1.29 is 0 Å². The van der Waals surface area contributed by atoms with Crippen molar-refractivity contribution in [1.29, 1.82) is 0 Å². The zero-order valence-electron chi connectivity index (χ0n) is 19.0.